The lowest BCUT2D eigenvalue weighted by atomic mass is 10.2. The summed E-state index contributed by atoms with van der Waals surface area (Å²) in [5.74, 6) is 0.975. The molecular formula is C19H29N5O3S. The zero-order valence-corrected chi connectivity index (χ0v) is 17.6. The van der Waals surface area contributed by atoms with E-state index in [0.29, 0.717) is 39.1 Å². The van der Waals surface area contributed by atoms with Gasteiger partial charge in [-0.15, -0.1) is 0 Å². The summed E-state index contributed by atoms with van der Waals surface area (Å²) in [6, 6.07) is 5.83. The summed E-state index contributed by atoms with van der Waals surface area (Å²) >= 11 is 0. The molecule has 0 atom stereocenters. The van der Waals surface area contributed by atoms with Gasteiger partial charge in [-0.3, -0.25) is 9.69 Å². The van der Waals surface area contributed by atoms with E-state index in [1.165, 1.54) is 10.6 Å². The average molecular weight is 408 g/mol. The molecular weight excluding hydrogens is 378 g/mol. The first-order valence-electron chi connectivity index (χ1n) is 9.78. The number of rotatable bonds is 7. The molecule has 1 saturated heterocycles. The molecule has 8 nitrogen and oxygen atoms in total. The highest BCUT2D eigenvalue weighted by Crippen LogP contribution is 2.22. The van der Waals surface area contributed by atoms with Gasteiger partial charge >= 0.3 is 0 Å². The van der Waals surface area contributed by atoms with E-state index in [2.05, 4.69) is 21.7 Å². The second kappa shape index (κ2) is 8.59. The van der Waals surface area contributed by atoms with E-state index in [9.17, 15) is 13.2 Å². The first-order chi connectivity index (χ1) is 13.3. The molecule has 9 heteroatoms. The molecule has 1 aromatic heterocycles. The largest absolute Gasteiger partial charge is 0.327 e. The van der Waals surface area contributed by atoms with Gasteiger partial charge in [0.2, 0.25) is 15.9 Å². The van der Waals surface area contributed by atoms with Gasteiger partial charge in [-0.05, 0) is 31.5 Å². The minimum Gasteiger partial charge on any atom is -0.327 e. The normalized spacial score (nSPS) is 16.5. The number of aryl methyl sites for hydroxylation is 1. The number of fused-ring (bicyclic) bond motifs is 1. The Kier molecular flexibility index (Phi) is 6.36. The van der Waals surface area contributed by atoms with E-state index in [4.69, 9.17) is 4.98 Å². The highest BCUT2D eigenvalue weighted by Gasteiger charge is 2.24. The van der Waals surface area contributed by atoms with Crippen LogP contribution in [0.4, 0.5) is 5.69 Å². The maximum atomic E-state index is 11.8. The summed E-state index contributed by atoms with van der Waals surface area (Å²) < 4.78 is 27.1. The SMILES string of the molecule is CCCC(=O)Nc1ccc2c(c1)nc(CN1CCN(S(C)(=O)=O)CC1)n2CC. The number of sulfonamides is 1. The molecule has 1 aromatic carbocycles. The lowest BCUT2D eigenvalue weighted by Crippen LogP contribution is -2.48. The number of aromatic nitrogens is 2. The summed E-state index contributed by atoms with van der Waals surface area (Å²) in [5.41, 5.74) is 2.67. The molecule has 0 saturated carbocycles. The summed E-state index contributed by atoms with van der Waals surface area (Å²) in [5, 5.41) is 2.92. The number of benzene rings is 1. The molecule has 1 fully saturated rings. The van der Waals surface area contributed by atoms with Crippen molar-refractivity contribution in [2.24, 2.45) is 0 Å². The Bertz CT molecular complexity index is 946. The van der Waals surface area contributed by atoms with Gasteiger partial charge in [0.05, 0.1) is 23.8 Å². The summed E-state index contributed by atoms with van der Waals surface area (Å²) in [7, 11) is -3.12. The quantitative estimate of drug-likeness (QED) is 0.757. The molecule has 28 heavy (non-hydrogen) atoms. The Balaban J connectivity index is 1.75. The number of amides is 1. The third kappa shape index (κ3) is 4.71. The van der Waals surface area contributed by atoms with Crippen LogP contribution in [0.25, 0.3) is 11.0 Å². The van der Waals surface area contributed by atoms with Crippen LogP contribution in [0.1, 0.15) is 32.5 Å². The Morgan fingerprint density at radius 3 is 2.50 bits per heavy atom. The van der Waals surface area contributed by atoms with Crippen molar-refractivity contribution < 1.29 is 13.2 Å². The van der Waals surface area contributed by atoms with E-state index in [-0.39, 0.29) is 5.91 Å². The number of nitrogens with zero attached hydrogens (tertiary/aromatic N) is 4. The van der Waals surface area contributed by atoms with Crippen LogP contribution in [0.3, 0.4) is 0 Å². The van der Waals surface area contributed by atoms with Crippen molar-refractivity contribution in [3.05, 3.63) is 24.0 Å². The smallest absolute Gasteiger partial charge is 0.224 e. The maximum absolute atomic E-state index is 11.8. The van der Waals surface area contributed by atoms with E-state index < -0.39 is 10.0 Å². The van der Waals surface area contributed by atoms with Gasteiger partial charge < -0.3 is 9.88 Å². The number of carbonyl (C=O) groups is 1. The van der Waals surface area contributed by atoms with Crippen LogP contribution in [-0.4, -0.2) is 65.5 Å². The molecule has 1 N–H and O–H groups in total. The fourth-order valence-corrected chi connectivity index (χ4v) is 4.43. The van der Waals surface area contributed by atoms with E-state index in [1.807, 2.05) is 25.1 Å². The number of hydrogen-bond acceptors (Lipinski definition) is 5. The van der Waals surface area contributed by atoms with Crippen LogP contribution in [-0.2, 0) is 27.9 Å². The Labute approximate surface area is 166 Å². The van der Waals surface area contributed by atoms with Gasteiger partial charge in [-0.25, -0.2) is 13.4 Å². The molecule has 1 amide bonds. The third-order valence-corrected chi connectivity index (χ3v) is 6.37. The van der Waals surface area contributed by atoms with Crippen molar-refractivity contribution in [1.82, 2.24) is 18.8 Å². The third-order valence-electron chi connectivity index (χ3n) is 5.07. The Hall–Kier alpha value is -1.97. The summed E-state index contributed by atoms with van der Waals surface area (Å²) in [6.45, 7) is 7.96. The number of piperazine rings is 1. The molecule has 1 aliphatic rings. The molecule has 154 valence electrons. The highest BCUT2D eigenvalue weighted by molar-refractivity contribution is 7.88. The maximum Gasteiger partial charge on any atom is 0.224 e. The lowest BCUT2D eigenvalue weighted by molar-refractivity contribution is -0.116. The zero-order valence-electron chi connectivity index (χ0n) is 16.8. The van der Waals surface area contributed by atoms with Crippen LogP contribution in [0.15, 0.2) is 18.2 Å². The number of nitrogens with one attached hydrogen (secondary N) is 1. The van der Waals surface area contributed by atoms with Crippen LogP contribution >= 0.6 is 0 Å². The summed E-state index contributed by atoms with van der Waals surface area (Å²) in [6.07, 6.45) is 2.58. The number of anilines is 1. The number of imidazole rings is 1. The fourth-order valence-electron chi connectivity index (χ4n) is 3.60. The molecule has 0 radical (unpaired) electrons. The topological polar surface area (TPSA) is 87.5 Å². The van der Waals surface area contributed by atoms with Gasteiger partial charge in [0.15, 0.2) is 0 Å². The molecule has 0 unspecified atom stereocenters. The van der Waals surface area contributed by atoms with Crippen molar-refractivity contribution in [2.75, 3.05) is 37.8 Å². The second-order valence-corrected chi connectivity index (χ2v) is 9.19. The molecule has 2 heterocycles. The highest BCUT2D eigenvalue weighted by atomic mass is 32.2. The Morgan fingerprint density at radius 1 is 1.18 bits per heavy atom. The van der Waals surface area contributed by atoms with Gasteiger partial charge in [0.25, 0.3) is 0 Å². The number of hydrogen-bond donors (Lipinski definition) is 1. The van der Waals surface area contributed by atoms with Crippen LogP contribution < -0.4 is 5.32 Å². The Morgan fingerprint density at radius 2 is 1.89 bits per heavy atom. The van der Waals surface area contributed by atoms with Crippen LogP contribution in [0, 0.1) is 0 Å². The molecule has 3 rings (SSSR count). The van der Waals surface area contributed by atoms with Gasteiger partial charge in [-0.2, -0.15) is 4.31 Å². The lowest BCUT2D eigenvalue weighted by Gasteiger charge is -2.32. The molecule has 0 spiro atoms. The predicted octanol–water partition coefficient (Wildman–Crippen LogP) is 1.87. The fraction of sp³-hybridized carbons (Fsp3) is 0.579. The average Bonchev–Trinajstić information content (AvgIpc) is 2.97. The van der Waals surface area contributed by atoms with Crippen LogP contribution in [0.2, 0.25) is 0 Å². The van der Waals surface area contributed by atoms with Crippen molar-refractivity contribution in [1.29, 1.82) is 0 Å². The first kappa shape index (κ1) is 20.8. The molecule has 0 aliphatic carbocycles. The molecule has 0 bridgehead atoms. The minimum atomic E-state index is -3.12. The number of carbonyl (C=O) groups excluding carboxylic acids is 1. The predicted molar refractivity (Wildman–Crippen MR) is 111 cm³/mol. The standard InChI is InChI=1S/C19H29N5O3S/c1-4-6-19(25)20-15-7-8-17-16(13-15)21-18(24(17)5-2)14-22-9-11-23(12-10-22)28(3,26)27/h7-8,13H,4-6,9-12,14H2,1-3H3,(H,20,25). The molecule has 1 aliphatic heterocycles. The van der Waals surface area contributed by atoms with Gasteiger partial charge in [-0.1, -0.05) is 6.92 Å². The van der Waals surface area contributed by atoms with Crippen molar-refractivity contribution in [2.45, 2.75) is 39.8 Å². The summed E-state index contributed by atoms with van der Waals surface area (Å²) in [4.78, 5) is 18.9. The van der Waals surface area contributed by atoms with E-state index >= 15 is 0 Å². The van der Waals surface area contributed by atoms with Crippen molar-refractivity contribution in [3.8, 4) is 0 Å². The van der Waals surface area contributed by atoms with E-state index in [0.717, 1.165) is 35.5 Å². The monoisotopic (exact) mass is 407 g/mol. The van der Waals surface area contributed by atoms with Gasteiger partial charge in [0, 0.05) is 44.8 Å². The van der Waals surface area contributed by atoms with Crippen molar-refractivity contribution in [3.63, 3.8) is 0 Å². The zero-order chi connectivity index (χ0) is 20.3. The second-order valence-electron chi connectivity index (χ2n) is 7.21. The van der Waals surface area contributed by atoms with Crippen LogP contribution in [0.5, 0.6) is 0 Å². The van der Waals surface area contributed by atoms with Gasteiger partial charge in [0.1, 0.15) is 5.82 Å². The van der Waals surface area contributed by atoms with Crippen molar-refractivity contribution >= 4 is 32.7 Å². The first-order valence-corrected chi connectivity index (χ1v) is 11.6. The van der Waals surface area contributed by atoms with E-state index in [1.54, 1.807) is 0 Å². The minimum absolute atomic E-state index is 0.0146. The molecule has 2 aromatic rings.